The lowest BCUT2D eigenvalue weighted by molar-refractivity contribution is -0.121. The third-order valence-corrected chi connectivity index (χ3v) is 4.29. The van der Waals surface area contributed by atoms with Gasteiger partial charge in [-0.25, -0.2) is 4.79 Å². The van der Waals surface area contributed by atoms with E-state index in [1.165, 1.54) is 17.0 Å². The quantitative estimate of drug-likeness (QED) is 0.748. The van der Waals surface area contributed by atoms with Gasteiger partial charge >= 0.3 is 5.97 Å². The molecule has 2 aromatic rings. The van der Waals surface area contributed by atoms with Crippen molar-refractivity contribution in [3.8, 4) is 23.3 Å². The van der Waals surface area contributed by atoms with Crippen LogP contribution in [0.25, 0.3) is 0 Å². The van der Waals surface area contributed by atoms with E-state index in [0.717, 1.165) is 5.56 Å². The van der Waals surface area contributed by atoms with Crippen molar-refractivity contribution in [2.24, 2.45) is 0 Å². The van der Waals surface area contributed by atoms with Gasteiger partial charge in [-0.1, -0.05) is 6.07 Å². The molecule has 1 heterocycles. The Morgan fingerprint density at radius 2 is 1.93 bits per heavy atom. The number of esters is 1. The number of ether oxygens (including phenoxy) is 3. The summed E-state index contributed by atoms with van der Waals surface area (Å²) in [5.41, 5.74) is 1.27. The summed E-state index contributed by atoms with van der Waals surface area (Å²) in [6.07, 6.45) is 0.104. The fourth-order valence-corrected chi connectivity index (χ4v) is 2.86. The molecular weight excluding hydrogens is 376 g/mol. The number of aromatic hydroxyl groups is 1. The first-order chi connectivity index (χ1) is 14.0. The van der Waals surface area contributed by atoms with Gasteiger partial charge in [0.25, 0.3) is 5.91 Å². The van der Waals surface area contributed by atoms with E-state index in [4.69, 9.17) is 19.5 Å². The minimum absolute atomic E-state index is 0.0219. The van der Waals surface area contributed by atoms with Crippen LogP contribution < -0.4 is 14.4 Å². The van der Waals surface area contributed by atoms with Crippen molar-refractivity contribution < 1.29 is 28.9 Å². The molecule has 0 radical (unpaired) electrons. The number of fused-ring (bicyclic) bond motifs is 1. The van der Waals surface area contributed by atoms with Gasteiger partial charge in [-0.3, -0.25) is 4.79 Å². The van der Waals surface area contributed by atoms with E-state index in [1.54, 1.807) is 31.2 Å². The van der Waals surface area contributed by atoms with Crippen LogP contribution in [0.3, 0.4) is 0 Å². The summed E-state index contributed by atoms with van der Waals surface area (Å²) >= 11 is 0. The van der Waals surface area contributed by atoms with Crippen molar-refractivity contribution in [3.63, 3.8) is 0 Å². The summed E-state index contributed by atoms with van der Waals surface area (Å²) in [4.78, 5) is 26.3. The summed E-state index contributed by atoms with van der Waals surface area (Å²) in [6, 6.07) is 11.5. The second kappa shape index (κ2) is 8.97. The number of rotatable bonds is 6. The molecule has 0 spiro atoms. The summed E-state index contributed by atoms with van der Waals surface area (Å²) < 4.78 is 16.1. The molecule has 1 aliphatic heterocycles. The predicted molar refractivity (Wildman–Crippen MR) is 103 cm³/mol. The van der Waals surface area contributed by atoms with E-state index in [9.17, 15) is 14.7 Å². The number of hydrogen-bond acceptors (Lipinski definition) is 7. The van der Waals surface area contributed by atoms with Crippen LogP contribution in [-0.2, 0) is 9.53 Å². The molecule has 0 aromatic heterocycles. The second-order valence-electron chi connectivity index (χ2n) is 6.38. The number of phenolic OH excluding ortho intramolecular Hbond substituents is 1. The lowest BCUT2D eigenvalue weighted by atomic mass is 10.1. The number of phenols is 1. The van der Waals surface area contributed by atoms with Crippen LogP contribution in [0.15, 0.2) is 36.4 Å². The van der Waals surface area contributed by atoms with E-state index in [-0.39, 0.29) is 24.3 Å². The average Bonchev–Trinajstić information content (AvgIpc) is 2.72. The van der Waals surface area contributed by atoms with Crippen molar-refractivity contribution >= 4 is 17.6 Å². The Morgan fingerprint density at radius 1 is 1.17 bits per heavy atom. The molecular formula is C21H20N2O6. The number of benzene rings is 2. The summed E-state index contributed by atoms with van der Waals surface area (Å²) in [6.45, 7) is 2.22. The predicted octanol–water partition coefficient (Wildman–Crippen LogP) is 2.58. The molecule has 0 saturated heterocycles. The van der Waals surface area contributed by atoms with Gasteiger partial charge in [-0.2, -0.15) is 5.26 Å². The van der Waals surface area contributed by atoms with Gasteiger partial charge in [0.1, 0.15) is 24.5 Å². The fraction of sp³-hybridized carbons (Fsp3) is 0.286. The maximum atomic E-state index is 12.7. The largest absolute Gasteiger partial charge is 0.507 e. The first kappa shape index (κ1) is 20.0. The standard InChI is InChI=1S/C21H20N2O6/c1-14-3-5-16(17(24)11-14)21(26)29-13-20(25)23(8-2-7-22)15-4-6-18-19(12-15)28-10-9-27-18/h3-6,11-12,24H,2,8-10,13H2,1H3. The maximum Gasteiger partial charge on any atom is 0.342 e. The van der Waals surface area contributed by atoms with E-state index in [1.807, 2.05) is 6.07 Å². The summed E-state index contributed by atoms with van der Waals surface area (Å²) in [7, 11) is 0. The van der Waals surface area contributed by atoms with Crippen LogP contribution in [0.5, 0.6) is 17.2 Å². The lowest BCUT2D eigenvalue weighted by Gasteiger charge is -2.24. The Balaban J connectivity index is 1.72. The van der Waals surface area contributed by atoms with Crippen molar-refractivity contribution in [1.29, 1.82) is 5.26 Å². The molecule has 1 amide bonds. The third kappa shape index (κ3) is 4.76. The minimum atomic E-state index is -0.807. The molecule has 8 nitrogen and oxygen atoms in total. The van der Waals surface area contributed by atoms with Crippen molar-refractivity contribution in [2.45, 2.75) is 13.3 Å². The Labute approximate surface area is 167 Å². The average molecular weight is 396 g/mol. The number of amides is 1. The van der Waals surface area contributed by atoms with E-state index in [0.29, 0.717) is 30.4 Å². The minimum Gasteiger partial charge on any atom is -0.507 e. The zero-order chi connectivity index (χ0) is 20.8. The molecule has 1 aliphatic rings. The van der Waals surface area contributed by atoms with Gasteiger partial charge in [0, 0.05) is 18.3 Å². The van der Waals surface area contributed by atoms with Gasteiger partial charge in [-0.05, 0) is 36.8 Å². The van der Waals surface area contributed by atoms with E-state index >= 15 is 0 Å². The summed E-state index contributed by atoms with van der Waals surface area (Å²) in [5.74, 6) is -0.440. The highest BCUT2D eigenvalue weighted by Gasteiger charge is 2.21. The lowest BCUT2D eigenvalue weighted by Crippen LogP contribution is -2.35. The fourth-order valence-electron chi connectivity index (χ4n) is 2.86. The molecule has 1 N–H and O–H groups in total. The van der Waals surface area contributed by atoms with Crippen molar-refractivity contribution in [1.82, 2.24) is 0 Å². The molecule has 0 saturated carbocycles. The molecule has 0 unspecified atom stereocenters. The maximum absolute atomic E-state index is 12.7. The van der Waals surface area contributed by atoms with Gasteiger partial charge in [0.2, 0.25) is 0 Å². The smallest absolute Gasteiger partial charge is 0.342 e. The molecule has 3 rings (SSSR count). The van der Waals surface area contributed by atoms with E-state index in [2.05, 4.69) is 0 Å². The first-order valence-electron chi connectivity index (χ1n) is 9.03. The zero-order valence-corrected chi connectivity index (χ0v) is 15.9. The van der Waals surface area contributed by atoms with Crippen LogP contribution in [0.2, 0.25) is 0 Å². The van der Waals surface area contributed by atoms with E-state index < -0.39 is 18.5 Å². The van der Waals surface area contributed by atoms with Crippen LogP contribution in [0.1, 0.15) is 22.3 Å². The number of nitrogens with zero attached hydrogens (tertiary/aromatic N) is 2. The van der Waals surface area contributed by atoms with Crippen LogP contribution in [-0.4, -0.2) is 43.3 Å². The highest BCUT2D eigenvalue weighted by atomic mass is 16.6. The monoisotopic (exact) mass is 396 g/mol. The summed E-state index contributed by atoms with van der Waals surface area (Å²) in [5, 5.41) is 18.8. The zero-order valence-electron chi connectivity index (χ0n) is 15.9. The normalized spacial score (nSPS) is 12.0. The first-order valence-corrected chi connectivity index (χ1v) is 9.03. The Hall–Kier alpha value is -3.73. The molecule has 150 valence electrons. The highest BCUT2D eigenvalue weighted by Crippen LogP contribution is 2.34. The molecule has 8 heteroatoms. The molecule has 29 heavy (non-hydrogen) atoms. The van der Waals surface area contributed by atoms with Gasteiger partial charge < -0.3 is 24.2 Å². The Morgan fingerprint density at radius 3 is 2.66 bits per heavy atom. The SMILES string of the molecule is Cc1ccc(C(=O)OCC(=O)N(CCC#N)c2ccc3c(c2)OCCO3)c(O)c1. The molecule has 0 bridgehead atoms. The van der Waals surface area contributed by atoms with Gasteiger partial charge in [-0.15, -0.1) is 0 Å². The second-order valence-corrected chi connectivity index (χ2v) is 6.38. The molecule has 0 atom stereocenters. The Bertz CT molecular complexity index is 966. The van der Waals surface area contributed by atoms with Crippen LogP contribution >= 0.6 is 0 Å². The number of carbonyl (C=O) groups excluding carboxylic acids is 2. The third-order valence-electron chi connectivity index (χ3n) is 4.29. The number of hydrogen-bond donors (Lipinski definition) is 1. The number of nitriles is 1. The molecule has 2 aromatic carbocycles. The Kier molecular flexibility index (Phi) is 6.19. The van der Waals surface area contributed by atoms with Gasteiger partial charge in [0.05, 0.1) is 12.5 Å². The van der Waals surface area contributed by atoms with Crippen LogP contribution in [0.4, 0.5) is 5.69 Å². The topological polar surface area (TPSA) is 109 Å². The van der Waals surface area contributed by atoms with Gasteiger partial charge in [0.15, 0.2) is 18.1 Å². The van der Waals surface area contributed by atoms with Crippen molar-refractivity contribution in [3.05, 3.63) is 47.5 Å². The highest BCUT2D eigenvalue weighted by molar-refractivity contribution is 5.98. The van der Waals surface area contributed by atoms with Crippen molar-refractivity contribution in [2.75, 3.05) is 31.3 Å². The number of anilines is 1. The van der Waals surface area contributed by atoms with Crippen LogP contribution in [0, 0.1) is 18.3 Å². The molecule has 0 aliphatic carbocycles. The number of aryl methyl sites for hydroxylation is 1. The molecule has 0 fully saturated rings. The number of carbonyl (C=O) groups is 2.